The van der Waals surface area contributed by atoms with E-state index < -0.39 is 9.52 Å². The third-order valence-corrected chi connectivity index (χ3v) is 3.43. The Bertz CT molecular complexity index is 715. The van der Waals surface area contributed by atoms with Gasteiger partial charge in [-0.15, -0.1) is 0 Å². The van der Waals surface area contributed by atoms with Crippen molar-refractivity contribution in [2.75, 3.05) is 12.5 Å². The van der Waals surface area contributed by atoms with E-state index in [4.69, 9.17) is 0 Å². The Kier molecular flexibility index (Phi) is 3.14. The van der Waals surface area contributed by atoms with Crippen molar-refractivity contribution in [2.45, 2.75) is 20.3 Å². The van der Waals surface area contributed by atoms with Crippen molar-refractivity contribution in [3.8, 4) is 0 Å². The summed E-state index contributed by atoms with van der Waals surface area (Å²) in [6.07, 6.45) is 4.16. The summed E-state index contributed by atoms with van der Waals surface area (Å²) in [5.41, 5.74) is 3.29. The highest BCUT2D eigenvalue weighted by Crippen LogP contribution is 2.17. The minimum atomic E-state index is -2.01. The first-order valence-corrected chi connectivity index (χ1v) is 8.24. The number of aromatic nitrogens is 4. The van der Waals surface area contributed by atoms with Crippen LogP contribution in [0.2, 0.25) is 0 Å². The normalized spacial score (nSPS) is 12.1. The molecule has 0 aromatic carbocycles. The fourth-order valence-corrected chi connectivity index (χ4v) is 2.63. The molecule has 0 fully saturated rings. The van der Waals surface area contributed by atoms with Crippen LogP contribution in [0.25, 0.3) is 11.0 Å². The van der Waals surface area contributed by atoms with E-state index in [1.165, 1.54) is 0 Å². The Labute approximate surface area is 107 Å². The summed E-state index contributed by atoms with van der Waals surface area (Å²) in [7, 11) is -0.152. The van der Waals surface area contributed by atoms with Gasteiger partial charge < -0.3 is 0 Å². The molecule has 0 unspecified atom stereocenters. The lowest BCUT2D eigenvalue weighted by molar-refractivity contribution is 0.688. The van der Waals surface area contributed by atoms with E-state index in [-0.39, 0.29) is 0 Å². The standard InChI is InChI=1S/C12H18N4OS/c1-6-10-13-9(7-18(4,5)17)12-11(14-10)8(2)15-16(12)3/h7H,6H2,1-5H3. The Balaban J connectivity index is 2.90. The summed E-state index contributed by atoms with van der Waals surface area (Å²) in [4.78, 5) is 8.97. The van der Waals surface area contributed by atoms with Crippen LogP contribution in [0.15, 0.2) is 0 Å². The monoisotopic (exact) mass is 266 g/mol. The molecule has 2 aromatic rings. The van der Waals surface area contributed by atoms with Crippen LogP contribution in [0.1, 0.15) is 24.1 Å². The smallest absolute Gasteiger partial charge is 0.129 e. The van der Waals surface area contributed by atoms with E-state index >= 15 is 0 Å². The zero-order valence-electron chi connectivity index (χ0n) is 11.4. The van der Waals surface area contributed by atoms with Crippen molar-refractivity contribution in [1.82, 2.24) is 19.7 Å². The Hall–Kier alpha value is -1.43. The molecule has 0 aliphatic rings. The quantitative estimate of drug-likeness (QED) is 0.759. The van der Waals surface area contributed by atoms with Gasteiger partial charge in [-0.1, -0.05) is 6.92 Å². The maximum absolute atomic E-state index is 12.0. The number of fused-ring (bicyclic) bond motifs is 1. The number of rotatable bonds is 2. The highest BCUT2D eigenvalue weighted by molar-refractivity contribution is 8.00. The van der Waals surface area contributed by atoms with Crippen LogP contribution in [0.4, 0.5) is 0 Å². The molecule has 18 heavy (non-hydrogen) atoms. The summed E-state index contributed by atoms with van der Waals surface area (Å²) in [5.74, 6) is 0.758. The first-order valence-electron chi connectivity index (χ1n) is 5.81. The lowest BCUT2D eigenvalue weighted by atomic mass is 10.3. The SMILES string of the molecule is CCc1nc(C=S(C)(C)=O)c2c(n1)c(C)nn2C. The molecule has 0 aliphatic heterocycles. The van der Waals surface area contributed by atoms with Crippen LogP contribution in [0, 0.1) is 6.92 Å². The molecule has 0 spiro atoms. The number of aryl methyl sites for hydroxylation is 3. The van der Waals surface area contributed by atoms with Gasteiger partial charge in [0.2, 0.25) is 0 Å². The maximum atomic E-state index is 12.0. The van der Waals surface area contributed by atoms with Crippen molar-refractivity contribution in [1.29, 1.82) is 0 Å². The third kappa shape index (κ3) is 2.38. The van der Waals surface area contributed by atoms with E-state index in [2.05, 4.69) is 15.1 Å². The summed E-state index contributed by atoms with van der Waals surface area (Å²) in [6.45, 7) is 3.93. The molecule has 5 nitrogen and oxygen atoms in total. The van der Waals surface area contributed by atoms with Gasteiger partial charge >= 0.3 is 0 Å². The maximum Gasteiger partial charge on any atom is 0.129 e. The zero-order valence-corrected chi connectivity index (χ0v) is 12.2. The van der Waals surface area contributed by atoms with Crippen LogP contribution in [-0.4, -0.2) is 41.8 Å². The van der Waals surface area contributed by atoms with Gasteiger partial charge in [-0.3, -0.25) is 8.89 Å². The molecular weight excluding hydrogens is 248 g/mol. The van der Waals surface area contributed by atoms with Crippen LogP contribution < -0.4 is 0 Å². The van der Waals surface area contributed by atoms with Crippen molar-refractivity contribution < 1.29 is 4.21 Å². The molecule has 0 aliphatic carbocycles. The summed E-state index contributed by atoms with van der Waals surface area (Å²) in [5, 5.41) is 6.08. The highest BCUT2D eigenvalue weighted by atomic mass is 32.2. The second-order valence-corrected chi connectivity index (χ2v) is 7.57. The Morgan fingerprint density at radius 1 is 1.33 bits per heavy atom. The second-order valence-electron chi connectivity index (χ2n) is 4.71. The first-order chi connectivity index (χ1) is 8.31. The topological polar surface area (TPSA) is 60.7 Å². The van der Waals surface area contributed by atoms with Gasteiger partial charge in [-0.05, 0) is 16.4 Å². The van der Waals surface area contributed by atoms with Gasteiger partial charge in [-0.2, -0.15) is 5.10 Å². The predicted molar refractivity (Wildman–Crippen MR) is 75.6 cm³/mol. The van der Waals surface area contributed by atoms with Gasteiger partial charge in [0, 0.05) is 31.3 Å². The summed E-state index contributed by atoms with van der Waals surface area (Å²) >= 11 is 0. The van der Waals surface area contributed by atoms with Gasteiger partial charge in [0.1, 0.15) is 22.6 Å². The zero-order chi connectivity index (χ0) is 13.5. The number of nitrogens with zero attached hydrogens (tertiary/aromatic N) is 4. The van der Waals surface area contributed by atoms with Crippen molar-refractivity contribution in [3.05, 3.63) is 17.2 Å². The number of hydrogen-bond donors (Lipinski definition) is 0. The van der Waals surface area contributed by atoms with Crippen molar-refractivity contribution in [2.24, 2.45) is 7.05 Å². The van der Waals surface area contributed by atoms with Crippen LogP contribution in [0.5, 0.6) is 0 Å². The van der Waals surface area contributed by atoms with Crippen LogP contribution in [-0.2, 0) is 23.0 Å². The van der Waals surface area contributed by atoms with Gasteiger partial charge in [0.15, 0.2) is 0 Å². The molecule has 0 atom stereocenters. The molecular formula is C12H18N4OS. The van der Waals surface area contributed by atoms with Crippen LogP contribution in [0.3, 0.4) is 0 Å². The van der Waals surface area contributed by atoms with E-state index in [0.29, 0.717) is 0 Å². The molecule has 2 aromatic heterocycles. The van der Waals surface area contributed by atoms with E-state index in [1.54, 1.807) is 22.6 Å². The second kappa shape index (κ2) is 4.35. The third-order valence-electron chi connectivity index (χ3n) is 2.64. The lowest BCUT2D eigenvalue weighted by Crippen LogP contribution is -2.06. The molecule has 2 heterocycles. The Morgan fingerprint density at radius 2 is 2.00 bits per heavy atom. The molecule has 0 saturated carbocycles. The molecule has 0 amide bonds. The molecule has 0 bridgehead atoms. The van der Waals surface area contributed by atoms with E-state index in [9.17, 15) is 4.21 Å². The summed E-state index contributed by atoms with van der Waals surface area (Å²) in [6, 6.07) is 0. The minimum Gasteiger partial charge on any atom is -0.268 e. The van der Waals surface area contributed by atoms with E-state index in [0.717, 1.165) is 34.7 Å². The van der Waals surface area contributed by atoms with Crippen molar-refractivity contribution >= 4 is 25.9 Å². The average Bonchev–Trinajstić information content (AvgIpc) is 2.52. The molecule has 0 saturated heterocycles. The molecule has 0 radical (unpaired) electrons. The Morgan fingerprint density at radius 3 is 2.56 bits per heavy atom. The van der Waals surface area contributed by atoms with Gasteiger partial charge in [0.05, 0.1) is 5.69 Å². The lowest BCUT2D eigenvalue weighted by Gasteiger charge is -2.03. The summed E-state index contributed by atoms with van der Waals surface area (Å²) < 4.78 is 13.7. The van der Waals surface area contributed by atoms with Gasteiger partial charge in [-0.25, -0.2) is 9.97 Å². The molecule has 6 heteroatoms. The van der Waals surface area contributed by atoms with Crippen molar-refractivity contribution in [3.63, 3.8) is 0 Å². The minimum absolute atomic E-state index is 0.718. The van der Waals surface area contributed by atoms with E-state index in [1.807, 2.05) is 20.9 Å². The fraction of sp³-hybridized carbons (Fsp3) is 0.500. The molecule has 0 N–H and O–H groups in total. The largest absolute Gasteiger partial charge is 0.268 e. The fourth-order valence-electron chi connectivity index (χ4n) is 1.92. The molecule has 98 valence electrons. The highest BCUT2D eigenvalue weighted by Gasteiger charge is 2.13. The molecule has 2 rings (SSSR count). The van der Waals surface area contributed by atoms with Gasteiger partial charge in [0.25, 0.3) is 0 Å². The first kappa shape index (κ1) is 13.0. The average molecular weight is 266 g/mol. The predicted octanol–water partition coefficient (Wildman–Crippen LogP) is 0.928. The number of hydrogen-bond acceptors (Lipinski definition) is 4. The van der Waals surface area contributed by atoms with Crippen LogP contribution >= 0.6 is 0 Å².